The molecule has 2 aromatic heterocycles. The Balaban J connectivity index is 1.28. The molecule has 1 aliphatic rings. The van der Waals surface area contributed by atoms with Crippen molar-refractivity contribution in [2.24, 2.45) is 0 Å². The minimum atomic E-state index is -1.13. The molecule has 1 atom stereocenters. The van der Waals surface area contributed by atoms with Gasteiger partial charge < -0.3 is 19.6 Å². The van der Waals surface area contributed by atoms with E-state index in [-0.39, 0.29) is 18.9 Å². The Morgan fingerprint density at radius 3 is 2.34 bits per heavy atom. The van der Waals surface area contributed by atoms with Crippen molar-refractivity contribution in [1.29, 1.82) is 0 Å². The molecule has 1 aliphatic carbocycles. The summed E-state index contributed by atoms with van der Waals surface area (Å²) >= 11 is 0. The molecule has 1 amide bonds. The third kappa shape index (κ3) is 3.58. The third-order valence-corrected chi connectivity index (χ3v) is 5.84. The number of hydrogen-bond acceptors (Lipinski definition) is 4. The number of carbonyl (C=O) groups excluding carboxylic acids is 1. The summed E-state index contributed by atoms with van der Waals surface area (Å²) in [4.78, 5) is 28.6. The third-order valence-electron chi connectivity index (χ3n) is 5.84. The first-order chi connectivity index (χ1) is 15.6. The van der Waals surface area contributed by atoms with Gasteiger partial charge in [-0.2, -0.15) is 0 Å². The van der Waals surface area contributed by atoms with Gasteiger partial charge in [0.15, 0.2) is 0 Å². The molecule has 2 aromatic carbocycles. The first-order valence-corrected chi connectivity index (χ1v) is 10.4. The van der Waals surface area contributed by atoms with Crippen molar-refractivity contribution < 1.29 is 19.4 Å². The molecular weight excluding hydrogens is 406 g/mol. The lowest BCUT2D eigenvalue weighted by atomic mass is 9.98. The van der Waals surface area contributed by atoms with E-state index in [2.05, 4.69) is 22.4 Å². The van der Waals surface area contributed by atoms with Gasteiger partial charge >= 0.3 is 12.1 Å². The van der Waals surface area contributed by atoms with Crippen molar-refractivity contribution in [3.8, 4) is 11.1 Å². The molecule has 2 N–H and O–H groups in total. The van der Waals surface area contributed by atoms with Crippen LogP contribution < -0.4 is 5.32 Å². The largest absolute Gasteiger partial charge is 0.480 e. The molecule has 0 saturated heterocycles. The number of pyridine rings is 1. The number of rotatable bonds is 6. The highest BCUT2D eigenvalue weighted by molar-refractivity contribution is 5.81. The molecule has 2 heterocycles. The molecule has 0 spiro atoms. The van der Waals surface area contributed by atoms with Crippen LogP contribution in [0.2, 0.25) is 0 Å². The zero-order valence-electron chi connectivity index (χ0n) is 17.1. The number of nitrogens with one attached hydrogen (secondary N) is 1. The summed E-state index contributed by atoms with van der Waals surface area (Å²) in [5.74, 6) is -1.22. The number of amides is 1. The predicted octanol–water partition coefficient (Wildman–Crippen LogP) is 3.87. The van der Waals surface area contributed by atoms with Gasteiger partial charge in [-0.3, -0.25) is 0 Å². The van der Waals surface area contributed by atoms with Crippen LogP contribution in [0, 0.1) is 0 Å². The van der Waals surface area contributed by atoms with Crippen LogP contribution in [0.25, 0.3) is 16.8 Å². The Morgan fingerprint density at radius 2 is 1.66 bits per heavy atom. The highest BCUT2D eigenvalue weighted by atomic mass is 16.5. The number of nitrogens with zero attached hydrogens (tertiary/aromatic N) is 2. The molecule has 0 saturated carbocycles. The minimum absolute atomic E-state index is 0.0878. The van der Waals surface area contributed by atoms with Gasteiger partial charge in [-0.15, -0.1) is 0 Å². The monoisotopic (exact) mass is 427 g/mol. The molecule has 0 aliphatic heterocycles. The van der Waals surface area contributed by atoms with E-state index in [4.69, 9.17) is 4.74 Å². The molecule has 0 radical (unpaired) electrons. The molecule has 0 fully saturated rings. The van der Waals surface area contributed by atoms with E-state index in [9.17, 15) is 14.7 Å². The van der Waals surface area contributed by atoms with Gasteiger partial charge in [-0.05, 0) is 34.4 Å². The van der Waals surface area contributed by atoms with E-state index < -0.39 is 18.1 Å². The van der Waals surface area contributed by atoms with Crippen molar-refractivity contribution in [3.05, 3.63) is 95.9 Å². The van der Waals surface area contributed by atoms with Gasteiger partial charge in [0.2, 0.25) is 0 Å². The van der Waals surface area contributed by atoms with Gasteiger partial charge in [0.1, 0.15) is 18.3 Å². The second-order valence-corrected chi connectivity index (χ2v) is 7.74. The minimum Gasteiger partial charge on any atom is -0.480 e. The summed E-state index contributed by atoms with van der Waals surface area (Å²) in [5, 5.41) is 12.1. The van der Waals surface area contributed by atoms with Gasteiger partial charge in [-0.1, -0.05) is 54.6 Å². The number of imidazole rings is 1. The standard InChI is InChI=1S/C25H21N3O4/c29-24(30)22(13-16-14-26-23-11-5-6-12-28(16)23)27-25(31)32-15-21-19-9-3-1-7-17(19)18-8-2-4-10-20(18)21/h1-12,14,21-22H,13,15H2,(H,27,31)(H,29,30)/t22-/m0/s1. The number of aliphatic carboxylic acids is 1. The van der Waals surface area contributed by atoms with Crippen LogP contribution >= 0.6 is 0 Å². The zero-order valence-corrected chi connectivity index (χ0v) is 17.1. The Labute approximate surface area is 184 Å². The fourth-order valence-corrected chi connectivity index (χ4v) is 4.33. The molecule has 7 heteroatoms. The number of hydrogen-bond donors (Lipinski definition) is 2. The number of aromatic nitrogens is 2. The maximum Gasteiger partial charge on any atom is 0.407 e. The SMILES string of the molecule is O=C(N[C@@H](Cc1cnc2ccccn12)C(=O)O)OCC1c2ccccc2-c2ccccc21. The lowest BCUT2D eigenvalue weighted by molar-refractivity contribution is -0.139. The second-order valence-electron chi connectivity index (χ2n) is 7.74. The van der Waals surface area contributed by atoms with Crippen LogP contribution in [0.15, 0.2) is 79.1 Å². The van der Waals surface area contributed by atoms with Crippen molar-refractivity contribution >= 4 is 17.7 Å². The number of fused-ring (bicyclic) bond motifs is 4. The fraction of sp³-hybridized carbons (Fsp3) is 0.160. The first-order valence-electron chi connectivity index (χ1n) is 10.4. The Morgan fingerprint density at radius 1 is 1.00 bits per heavy atom. The number of benzene rings is 2. The highest BCUT2D eigenvalue weighted by Gasteiger charge is 2.30. The molecule has 32 heavy (non-hydrogen) atoms. The van der Waals surface area contributed by atoms with Crippen LogP contribution in [-0.2, 0) is 16.0 Å². The van der Waals surface area contributed by atoms with Gasteiger partial charge in [-0.25, -0.2) is 14.6 Å². The lowest BCUT2D eigenvalue weighted by Gasteiger charge is -2.17. The molecule has 0 bridgehead atoms. The van der Waals surface area contributed by atoms with Crippen LogP contribution in [0.5, 0.6) is 0 Å². The summed E-state index contributed by atoms with van der Waals surface area (Å²) in [6, 6.07) is 20.5. The van der Waals surface area contributed by atoms with Gasteiger partial charge in [0.25, 0.3) is 0 Å². The molecule has 160 valence electrons. The summed E-state index contributed by atoms with van der Waals surface area (Å²) in [5.41, 5.74) is 5.87. The molecule has 5 rings (SSSR count). The van der Waals surface area contributed by atoms with E-state index in [0.29, 0.717) is 11.3 Å². The Kier molecular flexibility index (Phi) is 5.07. The smallest absolute Gasteiger partial charge is 0.407 e. The van der Waals surface area contributed by atoms with Crippen LogP contribution in [0.3, 0.4) is 0 Å². The average Bonchev–Trinajstić information content (AvgIpc) is 3.36. The van der Waals surface area contributed by atoms with Crippen molar-refractivity contribution in [1.82, 2.24) is 14.7 Å². The first kappa shape index (κ1) is 19.8. The number of carboxylic acid groups (broad SMARTS) is 1. The quantitative estimate of drug-likeness (QED) is 0.487. The zero-order chi connectivity index (χ0) is 22.1. The van der Waals surface area contributed by atoms with Crippen LogP contribution in [0.1, 0.15) is 22.7 Å². The van der Waals surface area contributed by atoms with Gasteiger partial charge in [0, 0.05) is 30.4 Å². The summed E-state index contributed by atoms with van der Waals surface area (Å²) in [6.45, 7) is 0.127. The van der Waals surface area contributed by atoms with Crippen molar-refractivity contribution in [2.75, 3.05) is 6.61 Å². The fourth-order valence-electron chi connectivity index (χ4n) is 4.33. The number of carboxylic acids is 1. The maximum absolute atomic E-state index is 12.5. The average molecular weight is 427 g/mol. The number of ether oxygens (including phenoxy) is 1. The van der Waals surface area contributed by atoms with Crippen LogP contribution in [0.4, 0.5) is 4.79 Å². The molecule has 4 aromatic rings. The van der Waals surface area contributed by atoms with E-state index in [1.54, 1.807) is 10.6 Å². The topological polar surface area (TPSA) is 92.9 Å². The predicted molar refractivity (Wildman–Crippen MR) is 119 cm³/mol. The normalized spacial score (nSPS) is 13.4. The molecule has 7 nitrogen and oxygen atoms in total. The lowest BCUT2D eigenvalue weighted by Crippen LogP contribution is -2.43. The maximum atomic E-state index is 12.5. The number of carbonyl (C=O) groups is 2. The van der Waals surface area contributed by atoms with E-state index in [1.807, 2.05) is 60.8 Å². The Bertz CT molecular complexity index is 1270. The van der Waals surface area contributed by atoms with E-state index in [1.165, 1.54) is 0 Å². The second kappa shape index (κ2) is 8.19. The van der Waals surface area contributed by atoms with Crippen molar-refractivity contribution in [2.45, 2.75) is 18.4 Å². The molecule has 0 unspecified atom stereocenters. The van der Waals surface area contributed by atoms with Crippen LogP contribution in [-0.4, -0.2) is 39.2 Å². The van der Waals surface area contributed by atoms with E-state index in [0.717, 1.165) is 22.3 Å². The van der Waals surface area contributed by atoms with E-state index >= 15 is 0 Å². The summed E-state index contributed by atoms with van der Waals surface area (Å²) < 4.78 is 7.29. The number of alkyl carbamates (subject to hydrolysis) is 1. The summed E-state index contributed by atoms with van der Waals surface area (Å²) in [6.07, 6.45) is 2.76. The summed E-state index contributed by atoms with van der Waals surface area (Å²) in [7, 11) is 0. The highest BCUT2D eigenvalue weighted by Crippen LogP contribution is 2.44. The Hall–Kier alpha value is -4.13. The van der Waals surface area contributed by atoms with Crippen molar-refractivity contribution in [3.63, 3.8) is 0 Å². The molecular formula is C25H21N3O4. The van der Waals surface area contributed by atoms with Gasteiger partial charge in [0.05, 0.1) is 0 Å².